The van der Waals surface area contributed by atoms with Crippen LogP contribution in [-0.2, 0) is 14.3 Å². The second-order valence-corrected chi connectivity index (χ2v) is 6.93. The van der Waals surface area contributed by atoms with Crippen LogP contribution in [-0.4, -0.2) is 25.3 Å². The molecule has 0 aromatic rings. The minimum Gasteiger partial charge on any atom is -0.463 e. The van der Waals surface area contributed by atoms with Crippen molar-refractivity contribution >= 4 is 5.97 Å². The van der Waals surface area contributed by atoms with Crippen molar-refractivity contribution < 1.29 is 14.3 Å². The molecule has 26 heavy (non-hydrogen) atoms. The van der Waals surface area contributed by atoms with E-state index in [0.717, 1.165) is 19.3 Å². The Balaban J connectivity index is 3.32. The van der Waals surface area contributed by atoms with E-state index in [9.17, 15) is 4.79 Å². The maximum absolute atomic E-state index is 11.6. The van der Waals surface area contributed by atoms with E-state index in [1.54, 1.807) is 0 Å². The molecule has 0 aromatic heterocycles. The number of rotatable bonds is 18. The average molecular weight is 367 g/mol. The zero-order valence-electron chi connectivity index (χ0n) is 17.5. The van der Waals surface area contributed by atoms with Gasteiger partial charge in [-0.3, -0.25) is 4.79 Å². The summed E-state index contributed by atoms with van der Waals surface area (Å²) in [5, 5.41) is 0. The minimum absolute atomic E-state index is 0.00597. The van der Waals surface area contributed by atoms with Gasteiger partial charge < -0.3 is 9.47 Å². The van der Waals surface area contributed by atoms with Crippen LogP contribution in [0.2, 0.25) is 0 Å². The molecule has 0 amide bonds. The van der Waals surface area contributed by atoms with Gasteiger partial charge >= 0.3 is 5.97 Å². The van der Waals surface area contributed by atoms with Crippen LogP contribution >= 0.6 is 0 Å². The summed E-state index contributed by atoms with van der Waals surface area (Å²) in [4.78, 5) is 11.6. The lowest BCUT2D eigenvalue weighted by atomic mass is 10.1. The first kappa shape index (κ1) is 24.9. The molecule has 3 heteroatoms. The van der Waals surface area contributed by atoms with Gasteiger partial charge in [0.1, 0.15) is 6.61 Å². The Kier molecular flexibility index (Phi) is 19.4. The van der Waals surface area contributed by atoms with Crippen molar-refractivity contribution in [1.82, 2.24) is 0 Å². The highest BCUT2D eigenvalue weighted by molar-refractivity contribution is 5.69. The van der Waals surface area contributed by atoms with E-state index in [1.165, 1.54) is 51.4 Å². The molecule has 0 saturated carbocycles. The van der Waals surface area contributed by atoms with E-state index < -0.39 is 0 Å². The molecule has 1 atom stereocenters. The van der Waals surface area contributed by atoms with Crippen LogP contribution < -0.4 is 0 Å². The van der Waals surface area contributed by atoms with Gasteiger partial charge in [-0.1, -0.05) is 63.3 Å². The van der Waals surface area contributed by atoms with Crippen LogP contribution in [0.4, 0.5) is 0 Å². The molecule has 0 heterocycles. The van der Waals surface area contributed by atoms with E-state index in [4.69, 9.17) is 9.47 Å². The van der Waals surface area contributed by atoms with Gasteiger partial charge in [0.2, 0.25) is 0 Å². The van der Waals surface area contributed by atoms with Crippen molar-refractivity contribution in [2.24, 2.45) is 0 Å². The highest BCUT2D eigenvalue weighted by atomic mass is 16.6. The maximum Gasteiger partial charge on any atom is 0.305 e. The number of unbranched alkanes of at least 4 members (excludes halogenated alkanes) is 8. The number of ether oxygens (including phenoxy) is 2. The fraction of sp³-hybridized carbons (Fsp3) is 0.783. The normalized spacial score (nSPS) is 12.9. The first-order valence-corrected chi connectivity index (χ1v) is 10.8. The maximum atomic E-state index is 11.6. The lowest BCUT2D eigenvalue weighted by molar-refractivity contribution is -0.147. The van der Waals surface area contributed by atoms with Crippen molar-refractivity contribution in [3.8, 4) is 0 Å². The monoisotopic (exact) mass is 366 g/mol. The molecule has 0 saturated heterocycles. The molecule has 0 aliphatic rings. The molecule has 152 valence electrons. The molecule has 0 spiro atoms. The van der Waals surface area contributed by atoms with E-state index >= 15 is 0 Å². The third-order valence-corrected chi connectivity index (χ3v) is 4.26. The SMILES string of the molecule is CCCCC/C=C/C/C=C/CCCCCCCC(=O)OC[C@H](C)OCC. The highest BCUT2D eigenvalue weighted by Gasteiger charge is 2.06. The quantitative estimate of drug-likeness (QED) is 0.152. The van der Waals surface area contributed by atoms with Gasteiger partial charge in [0.05, 0.1) is 6.10 Å². The zero-order valence-corrected chi connectivity index (χ0v) is 17.5. The highest BCUT2D eigenvalue weighted by Crippen LogP contribution is 2.09. The molecule has 0 bridgehead atoms. The predicted molar refractivity (Wildman–Crippen MR) is 111 cm³/mol. The molecule has 3 nitrogen and oxygen atoms in total. The molecule has 0 aromatic carbocycles. The Morgan fingerprint density at radius 2 is 1.46 bits per heavy atom. The zero-order chi connectivity index (χ0) is 19.3. The number of allylic oxidation sites excluding steroid dienone is 4. The summed E-state index contributed by atoms with van der Waals surface area (Å²) in [7, 11) is 0. The fourth-order valence-corrected chi connectivity index (χ4v) is 2.70. The Hall–Kier alpha value is -1.09. The first-order valence-electron chi connectivity index (χ1n) is 10.8. The van der Waals surface area contributed by atoms with E-state index in [2.05, 4.69) is 31.2 Å². The van der Waals surface area contributed by atoms with Gasteiger partial charge in [-0.05, 0) is 52.4 Å². The van der Waals surface area contributed by atoms with Crippen molar-refractivity contribution in [1.29, 1.82) is 0 Å². The van der Waals surface area contributed by atoms with Crippen molar-refractivity contribution in [2.75, 3.05) is 13.2 Å². The minimum atomic E-state index is -0.0952. The van der Waals surface area contributed by atoms with Crippen LogP contribution in [0.5, 0.6) is 0 Å². The fourth-order valence-electron chi connectivity index (χ4n) is 2.70. The van der Waals surface area contributed by atoms with Crippen molar-refractivity contribution in [3.05, 3.63) is 24.3 Å². The Morgan fingerprint density at radius 1 is 0.846 bits per heavy atom. The largest absolute Gasteiger partial charge is 0.463 e. The van der Waals surface area contributed by atoms with Crippen LogP contribution in [0.25, 0.3) is 0 Å². The van der Waals surface area contributed by atoms with Gasteiger partial charge in [0.15, 0.2) is 0 Å². The number of hydrogen-bond acceptors (Lipinski definition) is 3. The van der Waals surface area contributed by atoms with Crippen LogP contribution in [0, 0.1) is 0 Å². The molecule has 0 unspecified atom stereocenters. The Bertz CT molecular complexity index is 360. The summed E-state index contributed by atoms with van der Waals surface area (Å²) in [5.74, 6) is -0.0952. The third kappa shape index (κ3) is 19.2. The van der Waals surface area contributed by atoms with Crippen molar-refractivity contribution in [3.63, 3.8) is 0 Å². The topological polar surface area (TPSA) is 35.5 Å². The van der Waals surface area contributed by atoms with Crippen LogP contribution in [0.3, 0.4) is 0 Å². The summed E-state index contributed by atoms with van der Waals surface area (Å²) < 4.78 is 10.5. The number of hydrogen-bond donors (Lipinski definition) is 0. The second-order valence-electron chi connectivity index (χ2n) is 6.93. The first-order chi connectivity index (χ1) is 12.7. The second kappa shape index (κ2) is 20.2. The predicted octanol–water partition coefficient (Wildman–Crippen LogP) is 6.77. The lowest BCUT2D eigenvalue weighted by Gasteiger charge is -2.11. The molecule has 0 rings (SSSR count). The summed E-state index contributed by atoms with van der Waals surface area (Å²) >= 11 is 0. The number of carbonyl (C=O) groups excluding carboxylic acids is 1. The summed E-state index contributed by atoms with van der Waals surface area (Å²) in [6.07, 6.45) is 22.8. The Morgan fingerprint density at radius 3 is 2.12 bits per heavy atom. The molecule has 0 fully saturated rings. The van der Waals surface area contributed by atoms with Gasteiger partial charge in [0, 0.05) is 13.0 Å². The van der Waals surface area contributed by atoms with Gasteiger partial charge in [-0.2, -0.15) is 0 Å². The van der Waals surface area contributed by atoms with Gasteiger partial charge in [-0.25, -0.2) is 0 Å². The van der Waals surface area contributed by atoms with Gasteiger partial charge in [-0.15, -0.1) is 0 Å². The van der Waals surface area contributed by atoms with E-state index in [0.29, 0.717) is 19.6 Å². The van der Waals surface area contributed by atoms with Crippen LogP contribution in [0.1, 0.15) is 97.8 Å². The lowest BCUT2D eigenvalue weighted by Crippen LogP contribution is -2.18. The smallest absolute Gasteiger partial charge is 0.305 e. The summed E-state index contributed by atoms with van der Waals surface area (Å²) in [5.41, 5.74) is 0. The third-order valence-electron chi connectivity index (χ3n) is 4.26. The van der Waals surface area contributed by atoms with Crippen LogP contribution in [0.15, 0.2) is 24.3 Å². The van der Waals surface area contributed by atoms with Gasteiger partial charge in [0.25, 0.3) is 0 Å². The molecular weight excluding hydrogens is 324 g/mol. The average Bonchev–Trinajstić information content (AvgIpc) is 2.63. The standard InChI is InChI=1S/C23H42O3/c1-4-6-7-8-9-10-11-12-13-14-15-16-17-18-19-20-23(24)26-21-22(3)25-5-2/h9-10,12-13,22H,4-8,11,14-21H2,1-3H3/b10-9+,13-12+/t22-/m0/s1. The van der Waals surface area contributed by atoms with E-state index in [1.807, 2.05) is 13.8 Å². The molecule has 0 aliphatic carbocycles. The molecule has 0 N–H and O–H groups in total. The number of esters is 1. The molecular formula is C23H42O3. The van der Waals surface area contributed by atoms with Crippen molar-refractivity contribution in [2.45, 2.75) is 104 Å². The number of carbonyl (C=O) groups is 1. The summed E-state index contributed by atoms with van der Waals surface area (Å²) in [6, 6.07) is 0. The molecule has 0 radical (unpaired) electrons. The summed E-state index contributed by atoms with van der Waals surface area (Å²) in [6.45, 7) is 7.14. The Labute approximate surface area is 162 Å². The molecule has 0 aliphatic heterocycles. The van der Waals surface area contributed by atoms with E-state index in [-0.39, 0.29) is 12.1 Å².